The molecule has 0 fully saturated rings. The van der Waals surface area contributed by atoms with Crippen LogP contribution in [0.25, 0.3) is 0 Å². The van der Waals surface area contributed by atoms with Crippen LogP contribution in [-0.2, 0) is 21.2 Å². The Labute approximate surface area is 187 Å². The molecule has 0 spiro atoms. The molecule has 0 saturated carbocycles. The highest BCUT2D eigenvalue weighted by Crippen LogP contribution is 2.27. The minimum absolute atomic E-state index is 0.0116. The van der Waals surface area contributed by atoms with Crippen molar-refractivity contribution in [2.75, 3.05) is 10.0 Å². The van der Waals surface area contributed by atoms with Gasteiger partial charge >= 0.3 is 0 Å². The molecule has 8 nitrogen and oxygen atoms in total. The highest BCUT2D eigenvalue weighted by atomic mass is 32.2. The second-order valence-corrected chi connectivity index (χ2v) is 10.1. The molecule has 168 valence electrons. The lowest BCUT2D eigenvalue weighted by atomic mass is 9.87. The van der Waals surface area contributed by atoms with E-state index in [4.69, 9.17) is 0 Å². The van der Waals surface area contributed by atoms with Crippen molar-refractivity contribution in [3.05, 3.63) is 77.5 Å². The predicted molar refractivity (Wildman–Crippen MR) is 123 cm³/mol. The van der Waals surface area contributed by atoms with E-state index in [0.717, 1.165) is 5.56 Å². The van der Waals surface area contributed by atoms with E-state index in [1.165, 1.54) is 36.5 Å². The van der Waals surface area contributed by atoms with Crippen molar-refractivity contribution in [2.24, 2.45) is 0 Å². The molecule has 4 N–H and O–H groups in total. The van der Waals surface area contributed by atoms with Crippen LogP contribution in [-0.4, -0.2) is 29.5 Å². The maximum atomic E-state index is 12.6. The third-order valence-corrected chi connectivity index (χ3v) is 5.93. The molecule has 1 aromatic heterocycles. The zero-order valence-electron chi connectivity index (χ0n) is 18.0. The van der Waals surface area contributed by atoms with Crippen molar-refractivity contribution < 1.29 is 23.4 Å². The molecule has 2 aromatic carbocycles. The first-order chi connectivity index (χ1) is 14.9. The number of anilines is 2. The zero-order chi connectivity index (χ0) is 23.5. The molecule has 1 heterocycles. The van der Waals surface area contributed by atoms with Gasteiger partial charge in [0.05, 0.1) is 5.75 Å². The lowest BCUT2D eigenvalue weighted by Crippen LogP contribution is -2.17. The van der Waals surface area contributed by atoms with E-state index >= 15 is 0 Å². The van der Waals surface area contributed by atoms with Gasteiger partial charge < -0.3 is 15.5 Å². The number of carbonyl (C=O) groups is 1. The molecule has 0 saturated heterocycles. The normalized spacial score (nSPS) is 11.7. The van der Waals surface area contributed by atoms with Gasteiger partial charge in [0.2, 0.25) is 10.0 Å². The summed E-state index contributed by atoms with van der Waals surface area (Å²) in [5.41, 5.74) is 2.14. The third kappa shape index (κ3) is 5.98. The number of nitrogens with zero attached hydrogens (tertiary/aromatic N) is 1. The standard InChI is InChI=1S/C23H25N3O5S/c1-23(2,3)17-6-4-15(5-7-17)14-32(30,31)26-21-12-16(10-11-24-21)22(29)25-18-8-9-19(27)20(28)13-18/h4-13,27-28H,14H2,1-3H3,(H,24,26)(H,25,29). The SMILES string of the molecule is CC(C)(C)c1ccc(CS(=O)(=O)Nc2cc(C(=O)Nc3ccc(O)c(O)c3)ccn2)cc1. The summed E-state index contributed by atoms with van der Waals surface area (Å²) in [6.07, 6.45) is 1.32. The highest BCUT2D eigenvalue weighted by molar-refractivity contribution is 7.91. The summed E-state index contributed by atoms with van der Waals surface area (Å²) in [6, 6.07) is 14.0. The van der Waals surface area contributed by atoms with Crippen LogP contribution in [0, 0.1) is 0 Å². The summed E-state index contributed by atoms with van der Waals surface area (Å²) < 4.78 is 27.6. The number of sulfonamides is 1. The Morgan fingerprint density at radius 2 is 1.66 bits per heavy atom. The van der Waals surface area contributed by atoms with E-state index in [1.807, 2.05) is 12.1 Å². The minimum Gasteiger partial charge on any atom is -0.504 e. The first-order valence-corrected chi connectivity index (χ1v) is 11.5. The molecule has 0 aliphatic rings. The van der Waals surface area contributed by atoms with Crippen LogP contribution in [0.1, 0.15) is 42.3 Å². The minimum atomic E-state index is -3.75. The number of phenols is 2. The van der Waals surface area contributed by atoms with Gasteiger partial charge in [-0.05, 0) is 40.8 Å². The Balaban J connectivity index is 1.70. The molecule has 0 bridgehead atoms. The average Bonchev–Trinajstić information content (AvgIpc) is 2.70. The van der Waals surface area contributed by atoms with Crippen molar-refractivity contribution in [3.63, 3.8) is 0 Å². The fourth-order valence-corrected chi connectivity index (χ4v) is 4.08. The van der Waals surface area contributed by atoms with Gasteiger partial charge in [-0.25, -0.2) is 13.4 Å². The molecular weight excluding hydrogens is 430 g/mol. The number of benzene rings is 2. The molecule has 9 heteroatoms. The van der Waals surface area contributed by atoms with Crippen LogP contribution in [0.3, 0.4) is 0 Å². The quantitative estimate of drug-likeness (QED) is 0.329. The second-order valence-electron chi connectivity index (χ2n) is 8.40. The molecule has 32 heavy (non-hydrogen) atoms. The summed E-state index contributed by atoms with van der Waals surface area (Å²) in [4.78, 5) is 16.5. The number of carbonyl (C=O) groups excluding carboxylic acids is 1. The molecule has 0 radical (unpaired) electrons. The van der Waals surface area contributed by atoms with E-state index in [9.17, 15) is 23.4 Å². The van der Waals surface area contributed by atoms with Crippen LogP contribution >= 0.6 is 0 Å². The van der Waals surface area contributed by atoms with Gasteiger partial charge in [-0.15, -0.1) is 0 Å². The molecular formula is C23H25N3O5S. The average molecular weight is 456 g/mol. The van der Waals surface area contributed by atoms with Crippen molar-refractivity contribution in [2.45, 2.75) is 31.9 Å². The molecule has 0 atom stereocenters. The van der Waals surface area contributed by atoms with Crippen LogP contribution in [0.4, 0.5) is 11.5 Å². The smallest absolute Gasteiger partial charge is 0.255 e. The Morgan fingerprint density at radius 1 is 0.969 bits per heavy atom. The summed E-state index contributed by atoms with van der Waals surface area (Å²) in [7, 11) is -3.75. The van der Waals surface area contributed by atoms with Crippen LogP contribution in [0.15, 0.2) is 60.8 Å². The number of aromatic nitrogens is 1. The summed E-state index contributed by atoms with van der Waals surface area (Å²) in [5, 5.41) is 21.5. The van der Waals surface area contributed by atoms with Gasteiger partial charge in [0.1, 0.15) is 5.82 Å². The van der Waals surface area contributed by atoms with Crippen LogP contribution in [0.5, 0.6) is 11.5 Å². The lowest BCUT2D eigenvalue weighted by molar-refractivity contribution is 0.102. The fraction of sp³-hybridized carbons (Fsp3) is 0.217. The Hall–Kier alpha value is -3.59. The number of amides is 1. The number of rotatable bonds is 6. The number of aromatic hydroxyl groups is 2. The summed E-state index contributed by atoms with van der Waals surface area (Å²) in [5.74, 6) is -1.44. The molecule has 1 amide bonds. The Morgan fingerprint density at radius 3 is 2.28 bits per heavy atom. The number of hydrogen-bond acceptors (Lipinski definition) is 6. The number of hydrogen-bond donors (Lipinski definition) is 4. The first-order valence-electron chi connectivity index (χ1n) is 9.82. The van der Waals surface area contributed by atoms with Gasteiger partial charge in [0.15, 0.2) is 11.5 Å². The lowest BCUT2D eigenvalue weighted by Gasteiger charge is -2.19. The second kappa shape index (κ2) is 8.88. The monoisotopic (exact) mass is 455 g/mol. The van der Waals surface area contributed by atoms with E-state index in [2.05, 4.69) is 35.8 Å². The van der Waals surface area contributed by atoms with E-state index in [-0.39, 0.29) is 39.7 Å². The maximum absolute atomic E-state index is 12.6. The molecule has 3 rings (SSSR count). The number of nitrogens with one attached hydrogen (secondary N) is 2. The van der Waals surface area contributed by atoms with E-state index in [1.54, 1.807) is 12.1 Å². The van der Waals surface area contributed by atoms with Crippen molar-refractivity contribution >= 4 is 27.4 Å². The van der Waals surface area contributed by atoms with Gasteiger partial charge in [0.25, 0.3) is 5.91 Å². The van der Waals surface area contributed by atoms with Crippen molar-refractivity contribution in [3.8, 4) is 11.5 Å². The topological polar surface area (TPSA) is 129 Å². The summed E-state index contributed by atoms with van der Waals surface area (Å²) >= 11 is 0. The van der Waals surface area contributed by atoms with E-state index in [0.29, 0.717) is 5.56 Å². The zero-order valence-corrected chi connectivity index (χ0v) is 18.8. The fourth-order valence-electron chi connectivity index (χ4n) is 2.95. The van der Waals surface area contributed by atoms with Crippen molar-refractivity contribution in [1.82, 2.24) is 4.98 Å². The maximum Gasteiger partial charge on any atom is 0.255 e. The van der Waals surface area contributed by atoms with Gasteiger partial charge in [0, 0.05) is 23.5 Å². The van der Waals surface area contributed by atoms with Gasteiger partial charge in [-0.3, -0.25) is 9.52 Å². The first kappa shape index (κ1) is 23.1. The van der Waals surface area contributed by atoms with Crippen molar-refractivity contribution in [1.29, 1.82) is 0 Å². The third-order valence-electron chi connectivity index (χ3n) is 4.69. The van der Waals surface area contributed by atoms with Gasteiger partial charge in [-0.2, -0.15) is 0 Å². The number of pyridine rings is 1. The Kier molecular flexibility index (Phi) is 6.40. The van der Waals surface area contributed by atoms with E-state index < -0.39 is 15.9 Å². The molecule has 0 aliphatic heterocycles. The largest absolute Gasteiger partial charge is 0.504 e. The van der Waals surface area contributed by atoms with Crippen LogP contribution < -0.4 is 10.0 Å². The highest BCUT2D eigenvalue weighted by Gasteiger charge is 2.17. The molecule has 0 aliphatic carbocycles. The van der Waals surface area contributed by atoms with Crippen LogP contribution in [0.2, 0.25) is 0 Å². The summed E-state index contributed by atoms with van der Waals surface area (Å²) in [6.45, 7) is 6.25. The predicted octanol–water partition coefficient (Wildman–Crippen LogP) is 3.98. The molecule has 0 unspecified atom stereocenters. The number of phenolic OH excluding ortho intramolecular Hbond substituents is 2. The van der Waals surface area contributed by atoms with Gasteiger partial charge in [-0.1, -0.05) is 45.0 Å². The Bertz CT molecular complexity index is 1230. The molecule has 3 aromatic rings.